The Hall–Kier alpha value is -1.88. The van der Waals surface area contributed by atoms with Gasteiger partial charge in [-0.15, -0.1) is 0 Å². The number of imidazole rings is 1. The van der Waals surface area contributed by atoms with Crippen LogP contribution < -0.4 is 5.32 Å². The van der Waals surface area contributed by atoms with Crippen LogP contribution in [0.4, 0.5) is 5.69 Å². The number of aromatic nitrogens is 2. The molecule has 1 amide bonds. The van der Waals surface area contributed by atoms with Crippen LogP contribution in [-0.2, 0) is 19.6 Å². The third-order valence-electron chi connectivity index (χ3n) is 4.95. The number of rotatable bonds is 7. The predicted octanol–water partition coefficient (Wildman–Crippen LogP) is 2.36. The Bertz CT molecular complexity index is 964. The number of hydrogen-bond acceptors (Lipinski definition) is 6. The maximum atomic E-state index is 12.7. The number of ether oxygens (including phenoxy) is 1. The zero-order valence-electron chi connectivity index (χ0n) is 16.2. The summed E-state index contributed by atoms with van der Waals surface area (Å²) in [4.78, 5) is 17.1. The molecule has 156 valence electrons. The zero-order valence-corrected chi connectivity index (χ0v) is 17.8. The molecule has 1 saturated carbocycles. The van der Waals surface area contributed by atoms with Crippen molar-refractivity contribution in [2.45, 2.75) is 41.1 Å². The molecule has 1 aliphatic carbocycles. The van der Waals surface area contributed by atoms with Crippen LogP contribution in [0.2, 0.25) is 0 Å². The number of carbonyl (C=O) groups is 1. The topological polar surface area (TPSA) is 93.5 Å². The van der Waals surface area contributed by atoms with Crippen molar-refractivity contribution in [1.29, 1.82) is 0 Å². The van der Waals surface area contributed by atoms with Gasteiger partial charge in [0.05, 0.1) is 23.4 Å². The van der Waals surface area contributed by atoms with Crippen molar-refractivity contribution < 1.29 is 17.9 Å². The van der Waals surface area contributed by atoms with Gasteiger partial charge >= 0.3 is 0 Å². The van der Waals surface area contributed by atoms with Crippen LogP contribution in [0.1, 0.15) is 25.8 Å². The van der Waals surface area contributed by atoms with Gasteiger partial charge in [0, 0.05) is 37.2 Å². The Labute approximate surface area is 174 Å². The van der Waals surface area contributed by atoms with Gasteiger partial charge in [-0.3, -0.25) is 4.79 Å². The van der Waals surface area contributed by atoms with E-state index in [2.05, 4.69) is 14.9 Å². The summed E-state index contributed by atoms with van der Waals surface area (Å²) in [6.07, 6.45) is 6.03. The number of nitrogens with zero attached hydrogens (tertiary/aromatic N) is 3. The Balaban J connectivity index is 1.37. The lowest BCUT2D eigenvalue weighted by atomic mass is 10.3. The highest BCUT2D eigenvalue weighted by molar-refractivity contribution is 8.00. The summed E-state index contributed by atoms with van der Waals surface area (Å²) in [5, 5.41) is 3.37. The third-order valence-corrected chi connectivity index (χ3v) is 7.96. The first-order valence-corrected chi connectivity index (χ1v) is 12.0. The minimum absolute atomic E-state index is 0.149. The highest BCUT2D eigenvalue weighted by atomic mass is 32.2. The normalized spacial score (nSPS) is 19.1. The van der Waals surface area contributed by atoms with E-state index in [0.717, 1.165) is 18.0 Å². The van der Waals surface area contributed by atoms with Gasteiger partial charge in [-0.1, -0.05) is 11.8 Å². The molecule has 1 N–H and O–H groups in total. The van der Waals surface area contributed by atoms with Gasteiger partial charge in [0.1, 0.15) is 0 Å². The minimum Gasteiger partial charge on any atom is -0.379 e. The smallest absolute Gasteiger partial charge is 0.243 e. The van der Waals surface area contributed by atoms with E-state index in [4.69, 9.17) is 4.74 Å². The molecule has 8 nitrogen and oxygen atoms in total. The Kier molecular flexibility index (Phi) is 5.95. The fourth-order valence-corrected chi connectivity index (χ4v) is 5.47. The fourth-order valence-electron chi connectivity index (χ4n) is 3.12. The summed E-state index contributed by atoms with van der Waals surface area (Å²) in [5.74, 6) is -0.149. The average Bonchev–Trinajstić information content (AvgIpc) is 3.48. The number of amides is 1. The molecule has 0 spiro atoms. The summed E-state index contributed by atoms with van der Waals surface area (Å²) >= 11 is 1.42. The van der Waals surface area contributed by atoms with E-state index in [9.17, 15) is 13.2 Å². The minimum atomic E-state index is -3.54. The lowest BCUT2D eigenvalue weighted by molar-refractivity contribution is -0.115. The van der Waals surface area contributed by atoms with Crippen molar-refractivity contribution in [2.24, 2.45) is 0 Å². The first-order chi connectivity index (χ1) is 13.9. The number of carbonyl (C=O) groups excluding carboxylic acids is 1. The second-order valence-corrected chi connectivity index (χ2v) is 10.4. The summed E-state index contributed by atoms with van der Waals surface area (Å²) < 4.78 is 34.1. The molecule has 1 aromatic carbocycles. The SMILES string of the molecule is CC(Sc1nccn1C1CC1)C(=O)Nc1ccc(S(=O)(=O)N2CCOCC2)cc1. The highest BCUT2D eigenvalue weighted by Gasteiger charge is 2.28. The largest absolute Gasteiger partial charge is 0.379 e. The summed E-state index contributed by atoms with van der Waals surface area (Å²) in [6.45, 7) is 3.35. The van der Waals surface area contributed by atoms with Gasteiger partial charge < -0.3 is 14.6 Å². The van der Waals surface area contributed by atoms with Crippen molar-refractivity contribution in [3.05, 3.63) is 36.7 Å². The standard InChI is InChI=1S/C19H24N4O4S2/c1-14(28-19-20-8-9-23(19)16-4-5-16)18(24)21-15-2-6-17(7-3-15)29(25,26)22-10-12-27-13-11-22/h2-3,6-9,14,16H,4-5,10-13H2,1H3,(H,21,24). The molecule has 2 aromatic rings. The van der Waals surface area contributed by atoms with Crippen LogP contribution >= 0.6 is 11.8 Å². The van der Waals surface area contributed by atoms with Gasteiger partial charge in [-0.05, 0) is 44.0 Å². The molecule has 2 heterocycles. The first kappa shape index (κ1) is 20.4. The van der Waals surface area contributed by atoms with E-state index in [1.54, 1.807) is 18.3 Å². The summed E-state index contributed by atoms with van der Waals surface area (Å²) in [7, 11) is -3.54. The molecule has 0 bridgehead atoms. The molecule has 1 saturated heterocycles. The highest BCUT2D eigenvalue weighted by Crippen LogP contribution is 2.38. The number of thioether (sulfide) groups is 1. The van der Waals surface area contributed by atoms with Gasteiger partial charge in [0.15, 0.2) is 5.16 Å². The molecule has 10 heteroatoms. The predicted molar refractivity (Wildman–Crippen MR) is 110 cm³/mol. The van der Waals surface area contributed by atoms with Crippen LogP contribution in [0.15, 0.2) is 46.7 Å². The van der Waals surface area contributed by atoms with Crippen LogP contribution in [0.5, 0.6) is 0 Å². The van der Waals surface area contributed by atoms with Crippen LogP contribution in [0, 0.1) is 0 Å². The second kappa shape index (κ2) is 8.47. The molecule has 1 atom stereocenters. The van der Waals surface area contributed by atoms with Crippen molar-refractivity contribution in [3.8, 4) is 0 Å². The van der Waals surface area contributed by atoms with E-state index < -0.39 is 10.0 Å². The van der Waals surface area contributed by atoms with Gasteiger partial charge in [0.2, 0.25) is 15.9 Å². The number of anilines is 1. The number of morpholine rings is 1. The van der Waals surface area contributed by atoms with Crippen molar-refractivity contribution in [1.82, 2.24) is 13.9 Å². The molecule has 4 rings (SSSR count). The lowest BCUT2D eigenvalue weighted by Crippen LogP contribution is -2.40. The lowest BCUT2D eigenvalue weighted by Gasteiger charge is -2.26. The number of benzene rings is 1. The quantitative estimate of drug-likeness (QED) is 0.670. The van der Waals surface area contributed by atoms with Gasteiger partial charge in [-0.2, -0.15) is 4.31 Å². The Morgan fingerprint density at radius 2 is 1.93 bits per heavy atom. The molecule has 1 aromatic heterocycles. The van der Waals surface area contributed by atoms with Crippen LogP contribution in [-0.4, -0.2) is 59.7 Å². The second-order valence-electron chi connectivity index (χ2n) is 7.14. The maximum absolute atomic E-state index is 12.7. The van der Waals surface area contributed by atoms with Crippen molar-refractivity contribution in [2.75, 3.05) is 31.6 Å². The summed E-state index contributed by atoms with van der Waals surface area (Å²) in [6, 6.07) is 6.80. The fraction of sp³-hybridized carbons (Fsp3) is 0.474. The Morgan fingerprint density at radius 3 is 2.59 bits per heavy atom. The first-order valence-electron chi connectivity index (χ1n) is 9.63. The molecule has 1 aliphatic heterocycles. The zero-order chi connectivity index (χ0) is 20.4. The third kappa shape index (κ3) is 4.66. The molecule has 1 unspecified atom stereocenters. The van der Waals surface area contributed by atoms with Crippen molar-refractivity contribution in [3.63, 3.8) is 0 Å². The number of sulfonamides is 1. The Morgan fingerprint density at radius 1 is 1.24 bits per heavy atom. The molecule has 0 radical (unpaired) electrons. The average molecular weight is 437 g/mol. The van der Waals surface area contributed by atoms with Gasteiger partial charge in [0.25, 0.3) is 0 Å². The molecule has 2 fully saturated rings. The number of nitrogens with one attached hydrogen (secondary N) is 1. The van der Waals surface area contributed by atoms with E-state index in [1.807, 2.05) is 13.1 Å². The van der Waals surface area contributed by atoms with Crippen LogP contribution in [0.3, 0.4) is 0 Å². The summed E-state index contributed by atoms with van der Waals surface area (Å²) in [5.41, 5.74) is 0.564. The molecular weight excluding hydrogens is 412 g/mol. The monoisotopic (exact) mass is 436 g/mol. The molecule has 29 heavy (non-hydrogen) atoms. The van der Waals surface area contributed by atoms with Gasteiger partial charge in [-0.25, -0.2) is 13.4 Å². The van der Waals surface area contributed by atoms with Crippen LogP contribution in [0.25, 0.3) is 0 Å². The van der Waals surface area contributed by atoms with Crippen molar-refractivity contribution >= 4 is 33.4 Å². The van der Waals surface area contributed by atoms with E-state index >= 15 is 0 Å². The molecule has 2 aliphatic rings. The van der Waals surface area contributed by atoms with E-state index in [-0.39, 0.29) is 16.1 Å². The van der Waals surface area contributed by atoms with E-state index in [1.165, 1.54) is 28.2 Å². The molecular formula is C19H24N4O4S2. The maximum Gasteiger partial charge on any atom is 0.243 e. The number of hydrogen-bond donors (Lipinski definition) is 1. The van der Waals surface area contributed by atoms with E-state index in [0.29, 0.717) is 38.0 Å².